The van der Waals surface area contributed by atoms with Crippen LogP contribution in [0.2, 0.25) is 0 Å². The lowest BCUT2D eigenvalue weighted by Crippen LogP contribution is -2.26. The van der Waals surface area contributed by atoms with Crippen LogP contribution in [0.1, 0.15) is 32.3 Å². The lowest BCUT2D eigenvalue weighted by molar-refractivity contribution is -0.137. The Morgan fingerprint density at radius 2 is 2.10 bits per heavy atom. The third-order valence-corrected chi connectivity index (χ3v) is 3.64. The summed E-state index contributed by atoms with van der Waals surface area (Å²) in [7, 11) is 0. The predicted molar refractivity (Wildman–Crippen MR) is 77.0 cm³/mol. The topological polar surface area (TPSA) is 42.0 Å². The van der Waals surface area contributed by atoms with Gasteiger partial charge in [0, 0.05) is 12.7 Å². The van der Waals surface area contributed by atoms with E-state index in [1.807, 2.05) is 0 Å². The molecule has 0 aliphatic heterocycles. The maximum absolute atomic E-state index is 12.4. The second kappa shape index (κ2) is 8.26. The van der Waals surface area contributed by atoms with Crippen molar-refractivity contribution in [1.29, 1.82) is 0 Å². The summed E-state index contributed by atoms with van der Waals surface area (Å²) in [5.74, 6) is 0.623. The molecule has 1 heterocycles. The van der Waals surface area contributed by atoms with Crippen LogP contribution in [0.4, 0.5) is 13.2 Å². The molecule has 0 spiro atoms. The van der Waals surface area contributed by atoms with Gasteiger partial charge in [0.05, 0.1) is 16.3 Å². The highest BCUT2D eigenvalue weighted by Crippen LogP contribution is 2.29. The molecule has 3 nitrogen and oxygen atoms in total. The minimum atomic E-state index is -4.38. The number of hydrogen-bond acceptors (Lipinski definition) is 3. The highest BCUT2D eigenvalue weighted by molar-refractivity contribution is 7.99. The van der Waals surface area contributed by atoms with Gasteiger partial charge in [0.25, 0.3) is 0 Å². The molecule has 1 N–H and O–H groups in total. The first kappa shape index (κ1) is 17.8. The zero-order valence-corrected chi connectivity index (χ0v) is 12.9. The highest BCUT2D eigenvalue weighted by atomic mass is 32.2. The van der Waals surface area contributed by atoms with Crippen molar-refractivity contribution >= 4 is 17.7 Å². The van der Waals surface area contributed by atoms with Crippen molar-refractivity contribution < 1.29 is 18.0 Å². The summed E-state index contributed by atoms with van der Waals surface area (Å²) in [6.45, 7) is 4.86. The molecular formula is C14H19F3N2OS. The first-order chi connectivity index (χ1) is 9.79. The minimum absolute atomic E-state index is 0.134. The normalized spacial score (nSPS) is 11.7. The molecule has 1 rings (SSSR count). The number of hydrogen-bond donors (Lipinski definition) is 1. The SMILES string of the molecule is CC(C)CCCNC(=O)CSc1ccc(C(F)(F)F)cn1. The third-order valence-electron chi connectivity index (χ3n) is 2.70. The van der Waals surface area contributed by atoms with E-state index in [9.17, 15) is 18.0 Å². The average molecular weight is 320 g/mol. The zero-order valence-electron chi connectivity index (χ0n) is 12.0. The lowest BCUT2D eigenvalue weighted by Gasteiger charge is -2.08. The van der Waals surface area contributed by atoms with Crippen molar-refractivity contribution in [1.82, 2.24) is 10.3 Å². The Labute approximate surface area is 126 Å². The van der Waals surface area contributed by atoms with E-state index in [0.717, 1.165) is 36.9 Å². The molecule has 0 unspecified atom stereocenters. The van der Waals surface area contributed by atoms with E-state index < -0.39 is 11.7 Å². The molecule has 0 radical (unpaired) electrons. The number of carbonyl (C=O) groups is 1. The molecular weight excluding hydrogens is 301 g/mol. The number of aromatic nitrogens is 1. The summed E-state index contributed by atoms with van der Waals surface area (Å²) in [4.78, 5) is 15.2. The largest absolute Gasteiger partial charge is 0.417 e. The molecule has 0 bridgehead atoms. The van der Waals surface area contributed by atoms with Gasteiger partial charge in [0.1, 0.15) is 0 Å². The van der Waals surface area contributed by atoms with Gasteiger partial charge < -0.3 is 5.32 Å². The van der Waals surface area contributed by atoms with E-state index in [2.05, 4.69) is 24.1 Å². The molecule has 1 aromatic rings. The molecule has 0 aliphatic rings. The van der Waals surface area contributed by atoms with Crippen LogP contribution < -0.4 is 5.32 Å². The quantitative estimate of drug-likeness (QED) is 0.614. The molecule has 0 saturated carbocycles. The Morgan fingerprint density at radius 1 is 1.38 bits per heavy atom. The number of thioether (sulfide) groups is 1. The van der Waals surface area contributed by atoms with Gasteiger partial charge in [-0.25, -0.2) is 4.98 Å². The molecule has 0 aromatic carbocycles. The molecule has 1 amide bonds. The van der Waals surface area contributed by atoms with Crippen LogP contribution >= 0.6 is 11.8 Å². The second-order valence-electron chi connectivity index (χ2n) is 5.06. The summed E-state index contributed by atoms with van der Waals surface area (Å²) in [6.07, 6.45) is -1.63. The summed E-state index contributed by atoms with van der Waals surface area (Å²) in [5, 5.41) is 3.18. The van der Waals surface area contributed by atoms with Gasteiger partial charge in [-0.2, -0.15) is 13.2 Å². The highest BCUT2D eigenvalue weighted by Gasteiger charge is 2.30. The number of carbonyl (C=O) groups excluding carboxylic acids is 1. The van der Waals surface area contributed by atoms with Gasteiger partial charge in [-0.05, 0) is 30.9 Å². The van der Waals surface area contributed by atoms with E-state index in [-0.39, 0.29) is 11.7 Å². The molecule has 0 aliphatic carbocycles. The molecule has 0 saturated heterocycles. The monoisotopic (exact) mass is 320 g/mol. The van der Waals surface area contributed by atoms with Crippen LogP contribution in [-0.4, -0.2) is 23.2 Å². The molecule has 0 atom stereocenters. The van der Waals surface area contributed by atoms with Crippen molar-refractivity contribution in [2.75, 3.05) is 12.3 Å². The number of pyridine rings is 1. The first-order valence-electron chi connectivity index (χ1n) is 6.72. The van der Waals surface area contributed by atoms with Crippen molar-refractivity contribution in [3.8, 4) is 0 Å². The Hall–Kier alpha value is -1.24. The van der Waals surface area contributed by atoms with Crippen LogP contribution in [0.3, 0.4) is 0 Å². The van der Waals surface area contributed by atoms with Gasteiger partial charge in [-0.15, -0.1) is 0 Å². The van der Waals surface area contributed by atoms with Gasteiger partial charge in [-0.3, -0.25) is 4.79 Å². The van der Waals surface area contributed by atoms with Crippen LogP contribution in [0.15, 0.2) is 23.4 Å². The lowest BCUT2D eigenvalue weighted by atomic mass is 10.1. The molecule has 7 heteroatoms. The molecule has 1 aromatic heterocycles. The first-order valence-corrected chi connectivity index (χ1v) is 7.70. The third kappa shape index (κ3) is 7.36. The molecule has 0 fully saturated rings. The second-order valence-corrected chi connectivity index (χ2v) is 6.05. The maximum Gasteiger partial charge on any atom is 0.417 e. The van der Waals surface area contributed by atoms with Crippen LogP contribution in [-0.2, 0) is 11.0 Å². The summed E-state index contributed by atoms with van der Waals surface area (Å²) in [6, 6.07) is 2.25. The van der Waals surface area contributed by atoms with E-state index in [0.29, 0.717) is 17.5 Å². The van der Waals surface area contributed by atoms with Crippen molar-refractivity contribution in [3.63, 3.8) is 0 Å². The van der Waals surface area contributed by atoms with Gasteiger partial charge in [0.2, 0.25) is 5.91 Å². The number of nitrogens with zero attached hydrogens (tertiary/aromatic N) is 1. The number of amides is 1. The van der Waals surface area contributed by atoms with Gasteiger partial charge >= 0.3 is 6.18 Å². The average Bonchev–Trinajstić information content (AvgIpc) is 2.40. The Balaban J connectivity index is 2.30. The van der Waals surface area contributed by atoms with Crippen LogP contribution in [0.5, 0.6) is 0 Å². The Kier molecular flexibility index (Phi) is 7.01. The minimum Gasteiger partial charge on any atom is -0.355 e. The zero-order chi connectivity index (χ0) is 15.9. The fraction of sp³-hybridized carbons (Fsp3) is 0.571. The fourth-order valence-electron chi connectivity index (χ4n) is 1.56. The number of halogens is 3. The summed E-state index contributed by atoms with van der Waals surface area (Å²) < 4.78 is 37.1. The molecule has 118 valence electrons. The van der Waals surface area contributed by atoms with E-state index in [1.54, 1.807) is 0 Å². The van der Waals surface area contributed by atoms with Crippen molar-refractivity contribution in [2.24, 2.45) is 5.92 Å². The summed E-state index contributed by atoms with van der Waals surface area (Å²) in [5.41, 5.74) is -0.787. The van der Waals surface area contributed by atoms with Crippen molar-refractivity contribution in [3.05, 3.63) is 23.9 Å². The molecule has 21 heavy (non-hydrogen) atoms. The van der Waals surface area contributed by atoms with E-state index in [1.165, 1.54) is 6.07 Å². The van der Waals surface area contributed by atoms with Crippen LogP contribution in [0.25, 0.3) is 0 Å². The van der Waals surface area contributed by atoms with E-state index in [4.69, 9.17) is 0 Å². The Bertz CT molecular complexity index is 447. The fourth-order valence-corrected chi connectivity index (χ4v) is 2.23. The number of nitrogens with one attached hydrogen (secondary N) is 1. The standard InChI is InChI=1S/C14H19F3N2OS/c1-10(2)4-3-7-18-12(20)9-21-13-6-5-11(8-19-13)14(15,16)17/h5-6,8,10H,3-4,7,9H2,1-2H3,(H,18,20). The predicted octanol–water partition coefficient (Wildman–Crippen LogP) is 3.74. The number of alkyl halides is 3. The van der Waals surface area contributed by atoms with Crippen molar-refractivity contribution in [2.45, 2.75) is 37.9 Å². The smallest absolute Gasteiger partial charge is 0.355 e. The van der Waals surface area contributed by atoms with E-state index >= 15 is 0 Å². The van der Waals surface area contributed by atoms with Gasteiger partial charge in [0.15, 0.2) is 0 Å². The van der Waals surface area contributed by atoms with Crippen LogP contribution in [0, 0.1) is 5.92 Å². The van der Waals surface area contributed by atoms with Gasteiger partial charge in [-0.1, -0.05) is 25.6 Å². The number of rotatable bonds is 7. The summed E-state index contributed by atoms with van der Waals surface area (Å²) >= 11 is 1.12. The Morgan fingerprint density at radius 3 is 2.62 bits per heavy atom. The maximum atomic E-state index is 12.4.